The number of aliphatic hydroxyl groups is 1. The summed E-state index contributed by atoms with van der Waals surface area (Å²) in [7, 11) is 0. The zero-order chi connectivity index (χ0) is 24.0. The van der Waals surface area contributed by atoms with Crippen molar-refractivity contribution in [3.05, 3.63) is 47.1 Å². The molecule has 0 aromatic carbocycles. The van der Waals surface area contributed by atoms with E-state index in [9.17, 15) is 9.90 Å². The van der Waals surface area contributed by atoms with Crippen molar-refractivity contribution >= 4 is 5.78 Å². The van der Waals surface area contributed by atoms with Crippen LogP contribution < -0.4 is 0 Å². The van der Waals surface area contributed by atoms with Crippen LogP contribution in [0.5, 0.6) is 0 Å². The van der Waals surface area contributed by atoms with Crippen LogP contribution in [0.1, 0.15) is 93.4 Å². The average molecular weight is 441 g/mol. The van der Waals surface area contributed by atoms with Gasteiger partial charge in [0.05, 0.1) is 6.10 Å². The highest BCUT2D eigenvalue weighted by Gasteiger charge is 2.46. The Bertz CT molecular complexity index is 751. The smallest absolute Gasteiger partial charge is 0.182 e. The van der Waals surface area contributed by atoms with Gasteiger partial charge in [-0.15, -0.1) is 0 Å². The summed E-state index contributed by atoms with van der Waals surface area (Å²) in [5.41, 5.74) is 5.11. The molecule has 0 bridgehead atoms. The Labute approximate surface area is 198 Å². The summed E-state index contributed by atoms with van der Waals surface area (Å²) in [6.07, 6.45) is 13.6. The van der Waals surface area contributed by atoms with Gasteiger partial charge >= 0.3 is 0 Å². The molecule has 4 aliphatic rings. The molecular weight excluding hydrogens is 392 g/mol. The van der Waals surface area contributed by atoms with Crippen LogP contribution in [0.15, 0.2) is 47.1 Å². The first-order valence-corrected chi connectivity index (χ1v) is 13.4. The molecule has 6 atom stereocenters. The highest BCUT2D eigenvalue weighted by atomic mass is 16.3. The molecule has 2 fully saturated rings. The van der Waals surface area contributed by atoms with Gasteiger partial charge in [-0.05, 0) is 86.5 Å². The molecule has 32 heavy (non-hydrogen) atoms. The van der Waals surface area contributed by atoms with Crippen LogP contribution in [0.3, 0.4) is 0 Å². The zero-order valence-corrected chi connectivity index (χ0v) is 21.8. The Morgan fingerprint density at radius 1 is 1.00 bits per heavy atom. The van der Waals surface area contributed by atoms with Crippen molar-refractivity contribution in [2.75, 3.05) is 0 Å². The van der Waals surface area contributed by atoms with Gasteiger partial charge < -0.3 is 5.11 Å². The standard InChI is InChI=1S/C26H36O2.2C2H6/c1-15(2)16(3)5-6-17(4)20-9-11-24-22(20)10-12-23-21-8-7-19(27)13-18(21)14-25(28)26(23)24;2*1-2/h5-6,14-15,17,19-23,27H,3,7-13H2,1-2,4H3;2*1-2H3/b6-5+;;. The highest BCUT2D eigenvalue weighted by Crippen LogP contribution is 2.55. The number of ketones is 1. The predicted molar refractivity (Wildman–Crippen MR) is 137 cm³/mol. The third-order valence-corrected chi connectivity index (χ3v) is 8.07. The van der Waals surface area contributed by atoms with Crippen LogP contribution in [0.4, 0.5) is 0 Å². The summed E-state index contributed by atoms with van der Waals surface area (Å²) in [6, 6.07) is 0. The zero-order valence-electron chi connectivity index (χ0n) is 21.8. The molecule has 0 aromatic heterocycles. The lowest BCUT2D eigenvalue weighted by molar-refractivity contribution is -0.112. The molecule has 1 N–H and O–H groups in total. The molecule has 0 spiro atoms. The Hall–Kier alpha value is -1.41. The van der Waals surface area contributed by atoms with Gasteiger partial charge in [0.1, 0.15) is 0 Å². The molecule has 6 unspecified atom stereocenters. The lowest BCUT2D eigenvalue weighted by Crippen LogP contribution is -2.37. The number of hydrogen-bond donors (Lipinski definition) is 1. The fraction of sp³-hybridized carbons (Fsp3) is 0.700. The summed E-state index contributed by atoms with van der Waals surface area (Å²) in [6.45, 7) is 18.9. The fourth-order valence-corrected chi connectivity index (χ4v) is 6.37. The topological polar surface area (TPSA) is 37.3 Å². The van der Waals surface area contributed by atoms with Crippen molar-refractivity contribution in [3.8, 4) is 0 Å². The van der Waals surface area contributed by atoms with Gasteiger partial charge in [0.2, 0.25) is 0 Å². The maximum Gasteiger partial charge on any atom is 0.182 e. The molecule has 0 radical (unpaired) electrons. The van der Waals surface area contributed by atoms with E-state index in [4.69, 9.17) is 0 Å². The molecule has 2 nitrogen and oxygen atoms in total. The van der Waals surface area contributed by atoms with Gasteiger partial charge in [-0.1, -0.05) is 83.9 Å². The average Bonchev–Trinajstić information content (AvgIpc) is 3.23. The lowest BCUT2D eigenvalue weighted by atomic mass is 9.61. The van der Waals surface area contributed by atoms with E-state index in [2.05, 4.69) is 39.5 Å². The quantitative estimate of drug-likeness (QED) is 0.452. The Kier molecular flexibility index (Phi) is 10.2. The van der Waals surface area contributed by atoms with Gasteiger partial charge in [0, 0.05) is 5.57 Å². The molecule has 4 aliphatic carbocycles. The van der Waals surface area contributed by atoms with Gasteiger partial charge in [-0.3, -0.25) is 4.79 Å². The number of aliphatic hydroxyl groups excluding tert-OH is 1. The van der Waals surface area contributed by atoms with E-state index in [1.165, 1.54) is 35.1 Å². The Morgan fingerprint density at radius 2 is 1.62 bits per heavy atom. The molecular formula is C30H48O2. The summed E-state index contributed by atoms with van der Waals surface area (Å²) in [5.74, 6) is 3.48. The van der Waals surface area contributed by atoms with E-state index in [1.54, 1.807) is 0 Å². The summed E-state index contributed by atoms with van der Waals surface area (Å²) in [5, 5.41) is 10.0. The second-order valence-electron chi connectivity index (χ2n) is 10.0. The van der Waals surface area contributed by atoms with Crippen LogP contribution in [0.2, 0.25) is 0 Å². The minimum atomic E-state index is -0.245. The molecule has 0 aromatic rings. The summed E-state index contributed by atoms with van der Waals surface area (Å²) >= 11 is 0. The van der Waals surface area contributed by atoms with E-state index in [1.807, 2.05) is 33.8 Å². The Balaban J connectivity index is 0.000000860. The van der Waals surface area contributed by atoms with Crippen molar-refractivity contribution < 1.29 is 9.90 Å². The molecule has 2 heteroatoms. The molecule has 0 aliphatic heterocycles. The van der Waals surface area contributed by atoms with E-state index in [0.29, 0.717) is 41.9 Å². The summed E-state index contributed by atoms with van der Waals surface area (Å²) < 4.78 is 0. The maximum absolute atomic E-state index is 13.1. The maximum atomic E-state index is 13.1. The minimum absolute atomic E-state index is 0.245. The van der Waals surface area contributed by atoms with E-state index >= 15 is 0 Å². The second-order valence-corrected chi connectivity index (χ2v) is 10.0. The predicted octanol–water partition coefficient (Wildman–Crippen LogP) is 7.85. The third-order valence-electron chi connectivity index (χ3n) is 8.07. The van der Waals surface area contributed by atoms with Crippen molar-refractivity contribution in [1.82, 2.24) is 0 Å². The van der Waals surface area contributed by atoms with Crippen molar-refractivity contribution in [2.24, 2.45) is 35.5 Å². The van der Waals surface area contributed by atoms with Gasteiger partial charge in [-0.2, -0.15) is 0 Å². The van der Waals surface area contributed by atoms with E-state index in [0.717, 1.165) is 25.7 Å². The van der Waals surface area contributed by atoms with Crippen LogP contribution in [-0.2, 0) is 4.79 Å². The number of hydrogen-bond acceptors (Lipinski definition) is 2. The first-order valence-electron chi connectivity index (χ1n) is 13.4. The number of allylic oxidation sites excluding steroid dienone is 6. The molecule has 0 heterocycles. The van der Waals surface area contributed by atoms with Crippen molar-refractivity contribution in [2.45, 2.75) is 99.5 Å². The number of carbonyl (C=O) groups excluding carboxylic acids is 1. The summed E-state index contributed by atoms with van der Waals surface area (Å²) in [4.78, 5) is 13.1. The lowest BCUT2D eigenvalue weighted by Gasteiger charge is -2.43. The van der Waals surface area contributed by atoms with Gasteiger partial charge in [-0.25, -0.2) is 0 Å². The van der Waals surface area contributed by atoms with Crippen LogP contribution >= 0.6 is 0 Å². The second kappa shape index (κ2) is 12.2. The van der Waals surface area contributed by atoms with Gasteiger partial charge in [0.15, 0.2) is 5.78 Å². The molecule has 0 amide bonds. The first-order chi connectivity index (χ1) is 15.4. The third kappa shape index (κ3) is 5.56. The SMILES string of the molecule is C=C(/C=C/C(C)C1CCC2=C3C(=O)C=C4CC(O)CCC4C3CCC21)C(C)C.CC.CC. The number of rotatable bonds is 4. The minimum Gasteiger partial charge on any atom is -0.393 e. The molecule has 0 saturated heterocycles. The van der Waals surface area contributed by atoms with Crippen LogP contribution in [-0.4, -0.2) is 17.0 Å². The monoisotopic (exact) mass is 440 g/mol. The molecule has 180 valence electrons. The largest absolute Gasteiger partial charge is 0.393 e. The van der Waals surface area contributed by atoms with Crippen molar-refractivity contribution in [1.29, 1.82) is 0 Å². The van der Waals surface area contributed by atoms with E-state index in [-0.39, 0.29) is 11.9 Å². The van der Waals surface area contributed by atoms with Crippen LogP contribution in [0, 0.1) is 35.5 Å². The normalized spacial score (nSPS) is 32.1. The van der Waals surface area contributed by atoms with Gasteiger partial charge in [0.25, 0.3) is 0 Å². The highest BCUT2D eigenvalue weighted by molar-refractivity contribution is 6.06. The number of fused-ring (bicyclic) bond motifs is 4. The van der Waals surface area contributed by atoms with E-state index < -0.39 is 0 Å². The number of carbonyl (C=O) groups is 1. The first kappa shape index (κ1) is 26.8. The Morgan fingerprint density at radius 3 is 2.28 bits per heavy atom. The molecule has 4 rings (SSSR count). The molecule has 2 saturated carbocycles. The van der Waals surface area contributed by atoms with Crippen molar-refractivity contribution in [3.63, 3.8) is 0 Å². The fourth-order valence-electron chi connectivity index (χ4n) is 6.37. The van der Waals surface area contributed by atoms with Crippen LogP contribution in [0.25, 0.3) is 0 Å².